The van der Waals surface area contributed by atoms with E-state index in [1.807, 2.05) is 7.05 Å². The lowest BCUT2D eigenvalue weighted by atomic mass is 9.89. The maximum absolute atomic E-state index is 5.63. The number of nitrogens with one attached hydrogen (secondary N) is 1. The standard InChI is InChI=1S/C17H34N4O/c1-17(2,3)15(22-5)12-19-16(18-4)21-11-8-14(13-21)20-9-6-7-10-20/h14-15H,6-13H2,1-5H3,(H,18,19). The average molecular weight is 310 g/mol. The Morgan fingerprint density at radius 3 is 2.50 bits per heavy atom. The highest BCUT2D eigenvalue weighted by Gasteiger charge is 2.31. The minimum atomic E-state index is 0.129. The van der Waals surface area contributed by atoms with Crippen molar-refractivity contribution in [3.63, 3.8) is 0 Å². The summed E-state index contributed by atoms with van der Waals surface area (Å²) >= 11 is 0. The molecule has 0 aromatic rings. The molecule has 2 aliphatic rings. The van der Waals surface area contributed by atoms with Gasteiger partial charge in [0.2, 0.25) is 0 Å². The van der Waals surface area contributed by atoms with Crippen LogP contribution >= 0.6 is 0 Å². The van der Waals surface area contributed by atoms with Crippen LogP contribution in [0, 0.1) is 5.41 Å². The normalized spacial score (nSPS) is 25.8. The van der Waals surface area contributed by atoms with Crippen LogP contribution in [0.5, 0.6) is 0 Å². The smallest absolute Gasteiger partial charge is 0.193 e. The van der Waals surface area contributed by atoms with Crippen molar-refractivity contribution < 1.29 is 4.74 Å². The Morgan fingerprint density at radius 1 is 1.27 bits per heavy atom. The highest BCUT2D eigenvalue weighted by molar-refractivity contribution is 5.80. The van der Waals surface area contributed by atoms with Crippen LogP contribution in [0.2, 0.25) is 0 Å². The lowest BCUT2D eigenvalue weighted by Gasteiger charge is -2.31. The van der Waals surface area contributed by atoms with Crippen molar-refractivity contribution in [2.45, 2.75) is 52.2 Å². The van der Waals surface area contributed by atoms with E-state index in [0.29, 0.717) is 6.04 Å². The second-order valence-electron chi connectivity index (χ2n) is 7.65. The Bertz CT molecular complexity index is 371. The van der Waals surface area contributed by atoms with E-state index >= 15 is 0 Å². The van der Waals surface area contributed by atoms with Gasteiger partial charge in [0.05, 0.1) is 6.10 Å². The number of aliphatic imine (C=N–C) groups is 1. The third-order valence-corrected chi connectivity index (χ3v) is 5.03. The molecule has 2 atom stereocenters. The average Bonchev–Trinajstić information content (AvgIpc) is 3.12. The molecule has 2 heterocycles. The molecule has 0 saturated carbocycles. The molecule has 2 rings (SSSR count). The zero-order valence-electron chi connectivity index (χ0n) is 15.1. The van der Waals surface area contributed by atoms with Gasteiger partial charge in [-0.2, -0.15) is 0 Å². The second-order valence-corrected chi connectivity index (χ2v) is 7.65. The molecule has 2 aliphatic heterocycles. The molecule has 0 radical (unpaired) electrons. The lowest BCUT2D eigenvalue weighted by molar-refractivity contribution is 0.0202. The number of rotatable bonds is 4. The highest BCUT2D eigenvalue weighted by atomic mass is 16.5. The van der Waals surface area contributed by atoms with Gasteiger partial charge in [-0.25, -0.2) is 0 Å². The largest absolute Gasteiger partial charge is 0.379 e. The molecule has 0 aliphatic carbocycles. The predicted molar refractivity (Wildman–Crippen MR) is 92.4 cm³/mol. The van der Waals surface area contributed by atoms with Crippen molar-refractivity contribution in [2.24, 2.45) is 10.4 Å². The van der Waals surface area contributed by atoms with Gasteiger partial charge in [0.15, 0.2) is 5.96 Å². The molecule has 0 aromatic heterocycles. The minimum absolute atomic E-state index is 0.129. The van der Waals surface area contributed by atoms with E-state index < -0.39 is 0 Å². The fourth-order valence-electron chi connectivity index (χ4n) is 3.60. The van der Waals surface area contributed by atoms with Gasteiger partial charge in [0.25, 0.3) is 0 Å². The Hall–Kier alpha value is -0.810. The Kier molecular flexibility index (Phi) is 6.09. The van der Waals surface area contributed by atoms with Crippen molar-refractivity contribution in [1.82, 2.24) is 15.1 Å². The molecule has 2 fully saturated rings. The lowest BCUT2D eigenvalue weighted by Crippen LogP contribution is -2.47. The molecule has 2 unspecified atom stereocenters. The van der Waals surface area contributed by atoms with E-state index in [0.717, 1.165) is 25.6 Å². The van der Waals surface area contributed by atoms with Gasteiger partial charge in [0.1, 0.15) is 0 Å². The summed E-state index contributed by atoms with van der Waals surface area (Å²) in [6.07, 6.45) is 4.17. The number of likely N-dealkylation sites (tertiary alicyclic amines) is 2. The van der Waals surface area contributed by atoms with Crippen LogP contribution in [0.25, 0.3) is 0 Å². The fraction of sp³-hybridized carbons (Fsp3) is 0.941. The van der Waals surface area contributed by atoms with E-state index in [1.54, 1.807) is 7.11 Å². The topological polar surface area (TPSA) is 40.1 Å². The van der Waals surface area contributed by atoms with Crippen LogP contribution in [-0.2, 0) is 4.74 Å². The van der Waals surface area contributed by atoms with Crippen LogP contribution in [0.3, 0.4) is 0 Å². The molecule has 22 heavy (non-hydrogen) atoms. The first kappa shape index (κ1) is 17.5. The minimum Gasteiger partial charge on any atom is -0.379 e. The summed E-state index contributed by atoms with van der Waals surface area (Å²) in [5, 5.41) is 3.51. The summed E-state index contributed by atoms with van der Waals surface area (Å²) in [5.41, 5.74) is 0.129. The van der Waals surface area contributed by atoms with Gasteiger partial charge in [-0.3, -0.25) is 9.89 Å². The molecule has 2 saturated heterocycles. The molecule has 0 aromatic carbocycles. The van der Waals surface area contributed by atoms with Crippen molar-refractivity contribution in [3.8, 4) is 0 Å². The van der Waals surface area contributed by atoms with Crippen LogP contribution in [0.1, 0.15) is 40.0 Å². The van der Waals surface area contributed by atoms with Crippen molar-refractivity contribution in [2.75, 3.05) is 46.9 Å². The van der Waals surface area contributed by atoms with Crippen LogP contribution in [0.15, 0.2) is 4.99 Å². The Morgan fingerprint density at radius 2 is 1.95 bits per heavy atom. The van der Waals surface area contributed by atoms with E-state index in [2.05, 4.69) is 40.9 Å². The zero-order valence-corrected chi connectivity index (χ0v) is 15.1. The van der Waals surface area contributed by atoms with Gasteiger partial charge in [0, 0.05) is 39.8 Å². The highest BCUT2D eigenvalue weighted by Crippen LogP contribution is 2.22. The summed E-state index contributed by atoms with van der Waals surface area (Å²) in [4.78, 5) is 9.53. The summed E-state index contributed by atoms with van der Waals surface area (Å²) in [6.45, 7) is 12.2. The number of hydrogen-bond donors (Lipinski definition) is 1. The predicted octanol–water partition coefficient (Wildman–Crippen LogP) is 1.79. The van der Waals surface area contributed by atoms with Crippen LogP contribution in [0.4, 0.5) is 0 Å². The Labute approximate surface area is 136 Å². The summed E-state index contributed by atoms with van der Waals surface area (Å²) in [5.74, 6) is 1.02. The third-order valence-electron chi connectivity index (χ3n) is 5.03. The summed E-state index contributed by atoms with van der Waals surface area (Å²) < 4.78 is 5.63. The van der Waals surface area contributed by atoms with Gasteiger partial charge in [-0.15, -0.1) is 0 Å². The quantitative estimate of drug-likeness (QED) is 0.635. The number of hydrogen-bond acceptors (Lipinski definition) is 3. The second kappa shape index (κ2) is 7.64. The molecular weight excluding hydrogens is 276 g/mol. The number of methoxy groups -OCH3 is 1. The molecule has 5 heteroatoms. The maximum Gasteiger partial charge on any atom is 0.193 e. The molecular formula is C17H34N4O. The number of nitrogens with zero attached hydrogens (tertiary/aromatic N) is 3. The van der Waals surface area contributed by atoms with E-state index in [1.165, 1.54) is 32.4 Å². The summed E-state index contributed by atoms with van der Waals surface area (Å²) in [6, 6.07) is 0.710. The third kappa shape index (κ3) is 4.35. The fourth-order valence-corrected chi connectivity index (χ4v) is 3.60. The maximum atomic E-state index is 5.63. The van der Waals surface area contributed by atoms with Gasteiger partial charge in [-0.05, 0) is 37.8 Å². The zero-order chi connectivity index (χ0) is 16.2. The molecule has 128 valence electrons. The van der Waals surface area contributed by atoms with Crippen molar-refractivity contribution in [3.05, 3.63) is 0 Å². The van der Waals surface area contributed by atoms with E-state index in [4.69, 9.17) is 4.74 Å². The molecule has 5 nitrogen and oxygen atoms in total. The van der Waals surface area contributed by atoms with Crippen molar-refractivity contribution in [1.29, 1.82) is 0 Å². The Balaban J connectivity index is 1.84. The first-order valence-electron chi connectivity index (χ1n) is 8.68. The van der Waals surface area contributed by atoms with Crippen LogP contribution in [-0.4, -0.2) is 74.8 Å². The van der Waals surface area contributed by atoms with E-state index in [9.17, 15) is 0 Å². The molecule has 0 bridgehead atoms. The van der Waals surface area contributed by atoms with Gasteiger partial charge < -0.3 is 15.0 Å². The number of guanidine groups is 1. The van der Waals surface area contributed by atoms with Crippen molar-refractivity contribution >= 4 is 5.96 Å². The van der Waals surface area contributed by atoms with Gasteiger partial charge in [-0.1, -0.05) is 20.8 Å². The number of ether oxygens (including phenoxy) is 1. The molecule has 0 amide bonds. The first-order valence-corrected chi connectivity index (χ1v) is 8.68. The molecule has 1 N–H and O–H groups in total. The monoisotopic (exact) mass is 310 g/mol. The van der Waals surface area contributed by atoms with Gasteiger partial charge >= 0.3 is 0 Å². The SMILES string of the molecule is CN=C(NCC(OC)C(C)(C)C)N1CCC(N2CCCC2)C1. The first-order chi connectivity index (χ1) is 10.5. The molecule has 0 spiro atoms. The van der Waals surface area contributed by atoms with E-state index in [-0.39, 0.29) is 11.5 Å². The van der Waals surface area contributed by atoms with Crippen LogP contribution < -0.4 is 5.32 Å². The summed E-state index contributed by atoms with van der Waals surface area (Å²) in [7, 11) is 3.67.